The number of anilines is 3. The molecule has 0 aliphatic carbocycles. The summed E-state index contributed by atoms with van der Waals surface area (Å²) in [6, 6.07) is 19.4. The number of amides is 1. The molecule has 5 nitrogen and oxygen atoms in total. The number of carbonyl (C=O) groups excluding carboxylic acids is 1. The second kappa shape index (κ2) is 7.78. The maximum atomic E-state index is 12.7. The lowest BCUT2D eigenvalue weighted by molar-refractivity contribution is 0.102. The zero-order chi connectivity index (χ0) is 18.5. The monoisotopic (exact) mass is 346 g/mol. The first-order chi connectivity index (χ1) is 12.6. The van der Waals surface area contributed by atoms with Gasteiger partial charge in [0.05, 0.1) is 0 Å². The van der Waals surface area contributed by atoms with E-state index in [1.807, 2.05) is 66.5 Å². The third-order valence-corrected chi connectivity index (χ3v) is 4.20. The van der Waals surface area contributed by atoms with Crippen molar-refractivity contribution in [2.75, 3.05) is 17.3 Å². The highest BCUT2D eigenvalue weighted by molar-refractivity contribution is 6.03. The SMILES string of the molecule is CC(C)c1ccccc1NC(=O)c1cc(N(C)c2ccccc2)ncn1. The van der Waals surface area contributed by atoms with Crippen molar-refractivity contribution in [3.8, 4) is 0 Å². The molecule has 5 heteroatoms. The van der Waals surface area contributed by atoms with Crippen LogP contribution < -0.4 is 10.2 Å². The molecule has 0 atom stereocenters. The predicted octanol–water partition coefficient (Wildman–Crippen LogP) is 4.62. The highest BCUT2D eigenvalue weighted by Gasteiger charge is 2.14. The maximum Gasteiger partial charge on any atom is 0.274 e. The van der Waals surface area contributed by atoms with Crippen LogP contribution in [0.15, 0.2) is 67.0 Å². The van der Waals surface area contributed by atoms with Crippen LogP contribution in [-0.4, -0.2) is 22.9 Å². The number of nitrogens with zero attached hydrogens (tertiary/aromatic N) is 3. The minimum absolute atomic E-state index is 0.247. The number of nitrogens with one attached hydrogen (secondary N) is 1. The number of para-hydroxylation sites is 2. The summed E-state index contributed by atoms with van der Waals surface area (Å²) in [6.45, 7) is 4.20. The van der Waals surface area contributed by atoms with Crippen molar-refractivity contribution in [1.29, 1.82) is 0 Å². The number of aromatic nitrogens is 2. The van der Waals surface area contributed by atoms with Gasteiger partial charge >= 0.3 is 0 Å². The molecule has 2 aromatic carbocycles. The standard InChI is InChI=1S/C21H22N4O/c1-15(2)17-11-7-8-12-18(17)24-21(26)19-13-20(23-14-22-19)25(3)16-9-5-4-6-10-16/h4-15H,1-3H3,(H,24,26). The molecule has 1 aromatic heterocycles. The van der Waals surface area contributed by atoms with Gasteiger partial charge < -0.3 is 10.2 Å². The van der Waals surface area contributed by atoms with Crippen molar-refractivity contribution in [2.24, 2.45) is 0 Å². The molecule has 132 valence electrons. The van der Waals surface area contributed by atoms with E-state index in [-0.39, 0.29) is 5.91 Å². The molecule has 0 saturated carbocycles. The van der Waals surface area contributed by atoms with Gasteiger partial charge in [-0.1, -0.05) is 50.2 Å². The number of carbonyl (C=O) groups is 1. The average Bonchev–Trinajstić information content (AvgIpc) is 2.68. The zero-order valence-electron chi connectivity index (χ0n) is 15.2. The fourth-order valence-electron chi connectivity index (χ4n) is 2.74. The van der Waals surface area contributed by atoms with Crippen LogP contribution >= 0.6 is 0 Å². The van der Waals surface area contributed by atoms with Crippen molar-refractivity contribution in [3.63, 3.8) is 0 Å². The molecule has 0 fully saturated rings. The summed E-state index contributed by atoms with van der Waals surface area (Å²) in [5.74, 6) is 0.730. The molecule has 3 rings (SSSR count). The van der Waals surface area contributed by atoms with E-state index in [4.69, 9.17) is 0 Å². The first-order valence-corrected chi connectivity index (χ1v) is 8.57. The molecule has 0 unspecified atom stereocenters. The van der Waals surface area contributed by atoms with Crippen LogP contribution in [0.4, 0.5) is 17.2 Å². The molecule has 0 bridgehead atoms. The minimum Gasteiger partial charge on any atom is -0.329 e. The third kappa shape index (κ3) is 3.88. The van der Waals surface area contributed by atoms with E-state index in [1.165, 1.54) is 6.33 Å². The number of benzene rings is 2. The predicted molar refractivity (Wildman–Crippen MR) is 105 cm³/mol. The van der Waals surface area contributed by atoms with Gasteiger partial charge in [0.25, 0.3) is 5.91 Å². The van der Waals surface area contributed by atoms with Gasteiger partial charge in [-0.3, -0.25) is 4.79 Å². The Kier molecular flexibility index (Phi) is 5.27. The topological polar surface area (TPSA) is 58.1 Å². The Morgan fingerprint density at radius 3 is 2.42 bits per heavy atom. The molecule has 1 amide bonds. The second-order valence-corrected chi connectivity index (χ2v) is 6.35. The van der Waals surface area contributed by atoms with Crippen molar-refractivity contribution >= 4 is 23.1 Å². The van der Waals surface area contributed by atoms with Gasteiger partial charge in [0, 0.05) is 24.5 Å². The lowest BCUT2D eigenvalue weighted by Gasteiger charge is -2.18. The quantitative estimate of drug-likeness (QED) is 0.732. The minimum atomic E-state index is -0.247. The molecule has 1 heterocycles. The van der Waals surface area contributed by atoms with Crippen LogP contribution in [0.2, 0.25) is 0 Å². The number of rotatable bonds is 5. The summed E-state index contributed by atoms with van der Waals surface area (Å²) in [6.07, 6.45) is 1.41. The normalized spacial score (nSPS) is 10.6. The van der Waals surface area contributed by atoms with Crippen LogP contribution in [0.5, 0.6) is 0 Å². The van der Waals surface area contributed by atoms with Gasteiger partial charge in [0.1, 0.15) is 17.8 Å². The highest BCUT2D eigenvalue weighted by Crippen LogP contribution is 2.25. The van der Waals surface area contributed by atoms with Crippen LogP contribution in [0.3, 0.4) is 0 Å². The van der Waals surface area contributed by atoms with Gasteiger partial charge in [-0.2, -0.15) is 0 Å². The maximum absolute atomic E-state index is 12.7. The average molecular weight is 346 g/mol. The Labute approximate surface area is 153 Å². The lowest BCUT2D eigenvalue weighted by atomic mass is 10.0. The summed E-state index contributed by atoms with van der Waals surface area (Å²) in [4.78, 5) is 23.0. The van der Waals surface area contributed by atoms with E-state index in [9.17, 15) is 4.79 Å². The first-order valence-electron chi connectivity index (χ1n) is 8.57. The fourth-order valence-corrected chi connectivity index (χ4v) is 2.74. The highest BCUT2D eigenvalue weighted by atomic mass is 16.1. The molecule has 26 heavy (non-hydrogen) atoms. The van der Waals surface area contributed by atoms with E-state index < -0.39 is 0 Å². The summed E-state index contributed by atoms with van der Waals surface area (Å²) in [5.41, 5.74) is 3.22. The van der Waals surface area contributed by atoms with Crippen molar-refractivity contribution in [1.82, 2.24) is 9.97 Å². The van der Waals surface area contributed by atoms with E-state index in [0.29, 0.717) is 17.4 Å². The lowest BCUT2D eigenvalue weighted by Crippen LogP contribution is -2.17. The summed E-state index contributed by atoms with van der Waals surface area (Å²) < 4.78 is 0. The van der Waals surface area contributed by atoms with E-state index >= 15 is 0 Å². The third-order valence-electron chi connectivity index (χ3n) is 4.20. The van der Waals surface area contributed by atoms with Crippen molar-refractivity contribution in [3.05, 3.63) is 78.2 Å². The van der Waals surface area contributed by atoms with Crippen molar-refractivity contribution < 1.29 is 4.79 Å². The smallest absolute Gasteiger partial charge is 0.274 e. The number of hydrogen-bond acceptors (Lipinski definition) is 4. The molecule has 0 spiro atoms. The van der Waals surface area contributed by atoms with Crippen LogP contribution in [-0.2, 0) is 0 Å². The van der Waals surface area contributed by atoms with Gasteiger partial charge in [0.2, 0.25) is 0 Å². The first kappa shape index (κ1) is 17.6. The Bertz CT molecular complexity index is 893. The Balaban J connectivity index is 1.83. The van der Waals surface area contributed by atoms with Crippen LogP contribution in [0.1, 0.15) is 35.8 Å². The Hall–Kier alpha value is -3.21. The largest absolute Gasteiger partial charge is 0.329 e. The van der Waals surface area contributed by atoms with Gasteiger partial charge in [-0.15, -0.1) is 0 Å². The van der Waals surface area contributed by atoms with Crippen LogP contribution in [0, 0.1) is 0 Å². The Morgan fingerprint density at radius 1 is 1.00 bits per heavy atom. The summed E-state index contributed by atoms with van der Waals surface area (Å²) >= 11 is 0. The molecular formula is C21H22N4O. The van der Waals surface area contributed by atoms with E-state index in [0.717, 1.165) is 16.9 Å². The molecule has 0 aliphatic heterocycles. The number of hydrogen-bond donors (Lipinski definition) is 1. The summed E-state index contributed by atoms with van der Waals surface area (Å²) in [7, 11) is 1.91. The molecule has 0 aliphatic rings. The van der Waals surface area contributed by atoms with Crippen molar-refractivity contribution in [2.45, 2.75) is 19.8 Å². The second-order valence-electron chi connectivity index (χ2n) is 6.35. The zero-order valence-corrected chi connectivity index (χ0v) is 15.2. The van der Waals surface area contributed by atoms with Crippen LogP contribution in [0.25, 0.3) is 0 Å². The molecule has 0 radical (unpaired) electrons. The molecule has 1 N–H and O–H groups in total. The van der Waals surface area contributed by atoms with Gasteiger partial charge in [0.15, 0.2) is 0 Å². The van der Waals surface area contributed by atoms with E-state index in [1.54, 1.807) is 6.07 Å². The van der Waals surface area contributed by atoms with Gasteiger partial charge in [-0.25, -0.2) is 9.97 Å². The Morgan fingerprint density at radius 2 is 1.69 bits per heavy atom. The van der Waals surface area contributed by atoms with Gasteiger partial charge in [-0.05, 0) is 29.7 Å². The molecular weight excluding hydrogens is 324 g/mol. The molecule has 3 aromatic rings. The van der Waals surface area contributed by atoms with E-state index in [2.05, 4.69) is 29.1 Å². The molecule has 0 saturated heterocycles. The fraction of sp³-hybridized carbons (Fsp3) is 0.190. The summed E-state index contributed by atoms with van der Waals surface area (Å²) in [5, 5.41) is 2.97.